The predicted molar refractivity (Wildman–Crippen MR) is 74.7 cm³/mol. The van der Waals surface area contributed by atoms with Crippen LogP contribution >= 0.6 is 15.9 Å². The van der Waals surface area contributed by atoms with E-state index in [-0.39, 0.29) is 0 Å². The smallest absolute Gasteiger partial charge is 0.216 e. The maximum absolute atomic E-state index is 5.67. The van der Waals surface area contributed by atoms with Crippen molar-refractivity contribution < 1.29 is 4.74 Å². The molecule has 0 aliphatic heterocycles. The summed E-state index contributed by atoms with van der Waals surface area (Å²) in [4.78, 5) is 8.24. The van der Waals surface area contributed by atoms with Crippen LogP contribution in [0.3, 0.4) is 0 Å². The third-order valence-electron chi connectivity index (χ3n) is 2.59. The van der Waals surface area contributed by atoms with Gasteiger partial charge < -0.3 is 4.74 Å². The molecule has 0 saturated carbocycles. The lowest BCUT2D eigenvalue weighted by Gasteiger charge is -2.08. The summed E-state index contributed by atoms with van der Waals surface area (Å²) >= 11 is 3.38. The number of pyridine rings is 2. The Morgan fingerprint density at radius 2 is 2.06 bits per heavy atom. The van der Waals surface area contributed by atoms with Gasteiger partial charge in [-0.15, -0.1) is 0 Å². The first-order valence-electron chi connectivity index (χ1n) is 5.89. The maximum atomic E-state index is 5.67. The van der Waals surface area contributed by atoms with Gasteiger partial charge in [-0.1, -0.05) is 0 Å². The van der Waals surface area contributed by atoms with Gasteiger partial charge in [0.05, 0.1) is 6.61 Å². The van der Waals surface area contributed by atoms with Crippen LogP contribution in [-0.2, 0) is 6.42 Å². The summed E-state index contributed by atoms with van der Waals surface area (Å²) in [7, 11) is 0. The van der Waals surface area contributed by atoms with Crippen LogP contribution in [0.25, 0.3) is 0 Å². The molecule has 0 aliphatic rings. The first kappa shape index (κ1) is 13.0. The lowest BCUT2D eigenvalue weighted by molar-refractivity contribution is 0.297. The Morgan fingerprint density at radius 3 is 2.78 bits per heavy atom. The maximum Gasteiger partial charge on any atom is 0.216 e. The highest BCUT2D eigenvalue weighted by molar-refractivity contribution is 9.10. The fourth-order valence-corrected chi connectivity index (χ4v) is 2.12. The highest BCUT2D eigenvalue weighted by Gasteiger charge is 2.01. The number of ether oxygens (including phenoxy) is 1. The second kappa shape index (κ2) is 6.50. The molecule has 0 radical (unpaired) electrons. The van der Waals surface area contributed by atoms with E-state index in [0.717, 1.165) is 22.9 Å². The van der Waals surface area contributed by atoms with Gasteiger partial charge in [0.1, 0.15) is 0 Å². The van der Waals surface area contributed by atoms with Crippen LogP contribution in [0.4, 0.5) is 0 Å². The molecule has 94 valence electrons. The van der Waals surface area contributed by atoms with Crippen molar-refractivity contribution in [3.8, 4) is 5.88 Å². The van der Waals surface area contributed by atoms with Crippen molar-refractivity contribution in [3.63, 3.8) is 0 Å². The number of aromatic nitrogens is 2. The summed E-state index contributed by atoms with van der Waals surface area (Å²) in [5.74, 6) is 0.716. The van der Waals surface area contributed by atoms with Gasteiger partial charge in [0, 0.05) is 28.6 Å². The van der Waals surface area contributed by atoms with Gasteiger partial charge in [-0.3, -0.25) is 4.98 Å². The van der Waals surface area contributed by atoms with E-state index in [2.05, 4.69) is 25.9 Å². The monoisotopic (exact) mass is 306 g/mol. The highest BCUT2D eigenvalue weighted by atomic mass is 79.9. The fourth-order valence-electron chi connectivity index (χ4n) is 1.67. The standard InChI is InChI=1S/C14H15BrN2O/c1-11-9-13(15)10-17-14(11)18-8-2-3-12-4-6-16-7-5-12/h4-7,9-10H,2-3,8H2,1H3. The van der Waals surface area contributed by atoms with Crippen LogP contribution in [0, 0.1) is 6.92 Å². The van der Waals surface area contributed by atoms with Crippen molar-refractivity contribution in [2.45, 2.75) is 19.8 Å². The van der Waals surface area contributed by atoms with Crippen molar-refractivity contribution in [1.82, 2.24) is 9.97 Å². The van der Waals surface area contributed by atoms with Crippen LogP contribution in [0.1, 0.15) is 17.5 Å². The predicted octanol–water partition coefficient (Wildman–Crippen LogP) is 3.56. The van der Waals surface area contributed by atoms with E-state index in [1.165, 1.54) is 5.56 Å². The average molecular weight is 307 g/mol. The number of hydrogen-bond donors (Lipinski definition) is 0. The van der Waals surface area contributed by atoms with Crippen molar-refractivity contribution >= 4 is 15.9 Å². The van der Waals surface area contributed by atoms with Gasteiger partial charge in [0.25, 0.3) is 0 Å². The molecule has 0 saturated heterocycles. The second-order valence-corrected chi connectivity index (χ2v) is 5.00. The molecule has 2 rings (SSSR count). The molecule has 3 nitrogen and oxygen atoms in total. The lowest BCUT2D eigenvalue weighted by Crippen LogP contribution is -2.02. The van der Waals surface area contributed by atoms with Crippen molar-refractivity contribution in [1.29, 1.82) is 0 Å². The molecule has 0 unspecified atom stereocenters. The average Bonchev–Trinajstić information content (AvgIpc) is 2.38. The zero-order valence-electron chi connectivity index (χ0n) is 10.3. The topological polar surface area (TPSA) is 35.0 Å². The van der Waals surface area contributed by atoms with E-state index < -0.39 is 0 Å². The fraction of sp³-hybridized carbons (Fsp3) is 0.286. The summed E-state index contributed by atoms with van der Waals surface area (Å²) in [6, 6.07) is 6.07. The molecule has 0 N–H and O–H groups in total. The molecule has 0 aliphatic carbocycles. The van der Waals surface area contributed by atoms with E-state index in [4.69, 9.17) is 4.74 Å². The molecule has 4 heteroatoms. The van der Waals surface area contributed by atoms with Gasteiger partial charge in [-0.05, 0) is 59.5 Å². The largest absolute Gasteiger partial charge is 0.477 e. The Morgan fingerprint density at radius 1 is 1.28 bits per heavy atom. The molecule has 0 fully saturated rings. The van der Waals surface area contributed by atoms with Gasteiger partial charge in [0.2, 0.25) is 5.88 Å². The van der Waals surface area contributed by atoms with Crippen LogP contribution in [0.5, 0.6) is 5.88 Å². The summed E-state index contributed by atoms with van der Waals surface area (Å²) in [5.41, 5.74) is 2.34. The number of halogens is 1. The molecule has 0 spiro atoms. The first-order chi connectivity index (χ1) is 8.75. The van der Waals surface area contributed by atoms with Crippen LogP contribution < -0.4 is 4.74 Å². The SMILES string of the molecule is Cc1cc(Br)cnc1OCCCc1ccncc1. The third-order valence-corrected chi connectivity index (χ3v) is 3.03. The molecule has 0 amide bonds. The molecule has 0 atom stereocenters. The van der Waals surface area contributed by atoms with E-state index >= 15 is 0 Å². The Labute approximate surface area is 115 Å². The van der Waals surface area contributed by atoms with Crippen LogP contribution in [-0.4, -0.2) is 16.6 Å². The molecular weight excluding hydrogens is 292 g/mol. The van der Waals surface area contributed by atoms with E-state index in [1.807, 2.05) is 37.5 Å². The first-order valence-corrected chi connectivity index (χ1v) is 6.69. The third kappa shape index (κ3) is 3.81. The normalized spacial score (nSPS) is 10.3. The minimum Gasteiger partial charge on any atom is -0.477 e. The Hall–Kier alpha value is -1.42. The Bertz CT molecular complexity index is 502. The highest BCUT2D eigenvalue weighted by Crippen LogP contribution is 2.18. The zero-order chi connectivity index (χ0) is 12.8. The van der Waals surface area contributed by atoms with E-state index in [1.54, 1.807) is 6.20 Å². The summed E-state index contributed by atoms with van der Waals surface area (Å²) in [6.07, 6.45) is 7.36. The lowest BCUT2D eigenvalue weighted by atomic mass is 10.1. The van der Waals surface area contributed by atoms with Crippen LogP contribution in [0.2, 0.25) is 0 Å². The van der Waals surface area contributed by atoms with Gasteiger partial charge in [-0.2, -0.15) is 0 Å². The molecule has 2 aromatic rings. The van der Waals surface area contributed by atoms with Crippen LogP contribution in [0.15, 0.2) is 41.3 Å². The molecule has 2 aromatic heterocycles. The minimum atomic E-state index is 0.678. The van der Waals surface area contributed by atoms with Crippen molar-refractivity contribution in [2.24, 2.45) is 0 Å². The Balaban J connectivity index is 1.79. The molecule has 18 heavy (non-hydrogen) atoms. The number of aryl methyl sites for hydroxylation is 2. The van der Waals surface area contributed by atoms with Crippen molar-refractivity contribution in [2.75, 3.05) is 6.61 Å². The van der Waals surface area contributed by atoms with Gasteiger partial charge >= 0.3 is 0 Å². The van der Waals surface area contributed by atoms with E-state index in [9.17, 15) is 0 Å². The number of nitrogens with zero attached hydrogens (tertiary/aromatic N) is 2. The summed E-state index contributed by atoms with van der Waals surface area (Å²) in [6.45, 7) is 2.67. The molecule has 2 heterocycles. The molecule has 0 bridgehead atoms. The van der Waals surface area contributed by atoms with Crippen molar-refractivity contribution in [3.05, 3.63) is 52.4 Å². The molecular formula is C14H15BrN2O. The summed E-state index contributed by atoms with van der Waals surface area (Å²) < 4.78 is 6.64. The number of hydrogen-bond acceptors (Lipinski definition) is 3. The minimum absolute atomic E-state index is 0.678. The Kier molecular flexibility index (Phi) is 4.70. The van der Waals surface area contributed by atoms with E-state index in [0.29, 0.717) is 12.5 Å². The van der Waals surface area contributed by atoms with Gasteiger partial charge in [-0.25, -0.2) is 4.98 Å². The quantitative estimate of drug-likeness (QED) is 0.792. The zero-order valence-corrected chi connectivity index (χ0v) is 11.9. The second-order valence-electron chi connectivity index (χ2n) is 4.08. The molecule has 0 aromatic carbocycles. The summed E-state index contributed by atoms with van der Waals surface area (Å²) in [5, 5.41) is 0. The van der Waals surface area contributed by atoms with Gasteiger partial charge in [0.15, 0.2) is 0 Å². The number of rotatable bonds is 5.